The molecule has 0 unspecified atom stereocenters. The van der Waals surface area contributed by atoms with Gasteiger partial charge in [-0.25, -0.2) is 4.98 Å². The highest BCUT2D eigenvalue weighted by atomic mass is 79.9. The van der Waals surface area contributed by atoms with Crippen LogP contribution in [-0.4, -0.2) is 23.6 Å². The molecule has 0 saturated carbocycles. The average molecular weight is 373 g/mol. The first-order chi connectivity index (χ1) is 10.2. The van der Waals surface area contributed by atoms with Crippen molar-refractivity contribution in [3.8, 4) is 17.4 Å². The molecular formula is C14H15BrClN3O2. The van der Waals surface area contributed by atoms with Crippen molar-refractivity contribution in [1.29, 1.82) is 0 Å². The highest BCUT2D eigenvalue weighted by molar-refractivity contribution is 9.10. The molecule has 21 heavy (non-hydrogen) atoms. The molecule has 0 bridgehead atoms. The average Bonchev–Trinajstić information content (AvgIpc) is 2.49. The molecule has 1 aromatic heterocycles. The van der Waals surface area contributed by atoms with Crippen LogP contribution >= 0.6 is 27.5 Å². The standard InChI is InChI=1S/C14H15BrClN3O2/c1-3-6-17-13-12(20-2)14(19-8-18-13)21-11-7-9(15)4-5-10(11)16/h4-5,7-8H,3,6H2,1-2H3,(H,17,18,19). The Morgan fingerprint density at radius 2 is 2.14 bits per heavy atom. The summed E-state index contributed by atoms with van der Waals surface area (Å²) in [4.78, 5) is 8.27. The summed E-state index contributed by atoms with van der Waals surface area (Å²) in [5, 5.41) is 3.66. The Bertz CT molecular complexity index is 625. The zero-order valence-corrected chi connectivity index (χ0v) is 14.0. The van der Waals surface area contributed by atoms with Gasteiger partial charge in [-0.15, -0.1) is 0 Å². The fourth-order valence-electron chi connectivity index (χ4n) is 1.64. The van der Waals surface area contributed by atoms with Crippen LogP contribution in [0.1, 0.15) is 13.3 Å². The van der Waals surface area contributed by atoms with E-state index in [4.69, 9.17) is 21.1 Å². The SMILES string of the molecule is CCCNc1ncnc(Oc2cc(Br)ccc2Cl)c1OC. The first kappa shape index (κ1) is 15.9. The minimum Gasteiger partial charge on any atom is -0.489 e. The number of halogens is 2. The lowest BCUT2D eigenvalue weighted by Gasteiger charge is -2.13. The molecule has 0 fully saturated rings. The Kier molecular flexibility index (Phi) is 5.64. The third-order valence-electron chi connectivity index (χ3n) is 2.62. The van der Waals surface area contributed by atoms with E-state index in [1.165, 1.54) is 6.33 Å². The number of hydrogen-bond acceptors (Lipinski definition) is 5. The zero-order chi connectivity index (χ0) is 15.2. The molecule has 0 spiro atoms. The van der Waals surface area contributed by atoms with E-state index < -0.39 is 0 Å². The number of nitrogens with zero attached hydrogens (tertiary/aromatic N) is 2. The van der Waals surface area contributed by atoms with Crippen molar-refractivity contribution in [3.63, 3.8) is 0 Å². The Hall–Kier alpha value is -1.53. The van der Waals surface area contributed by atoms with Gasteiger partial charge >= 0.3 is 0 Å². The van der Waals surface area contributed by atoms with Crippen molar-refractivity contribution in [2.45, 2.75) is 13.3 Å². The van der Waals surface area contributed by atoms with E-state index in [-0.39, 0.29) is 0 Å². The summed E-state index contributed by atoms with van der Waals surface area (Å²) in [6.07, 6.45) is 2.39. The predicted octanol–water partition coefficient (Wildman–Crippen LogP) is 4.52. The highest BCUT2D eigenvalue weighted by Crippen LogP contribution is 2.37. The number of methoxy groups -OCH3 is 1. The van der Waals surface area contributed by atoms with E-state index in [1.54, 1.807) is 19.2 Å². The number of anilines is 1. The molecule has 0 aliphatic heterocycles. The molecule has 0 aliphatic rings. The zero-order valence-electron chi connectivity index (χ0n) is 11.7. The maximum atomic E-state index is 6.12. The third kappa shape index (κ3) is 3.98. The number of nitrogens with one attached hydrogen (secondary N) is 1. The second-order valence-electron chi connectivity index (χ2n) is 4.16. The molecule has 1 heterocycles. The number of benzene rings is 1. The lowest BCUT2D eigenvalue weighted by molar-refractivity contribution is 0.369. The van der Waals surface area contributed by atoms with Crippen LogP contribution in [0.15, 0.2) is 29.0 Å². The van der Waals surface area contributed by atoms with Crippen molar-refractivity contribution in [1.82, 2.24) is 9.97 Å². The number of ether oxygens (including phenoxy) is 2. The fraction of sp³-hybridized carbons (Fsp3) is 0.286. The quantitative estimate of drug-likeness (QED) is 0.808. The summed E-state index contributed by atoms with van der Waals surface area (Å²) >= 11 is 9.50. The number of aromatic nitrogens is 2. The fourth-order valence-corrected chi connectivity index (χ4v) is 2.14. The van der Waals surface area contributed by atoms with Crippen LogP contribution in [-0.2, 0) is 0 Å². The summed E-state index contributed by atoms with van der Waals surface area (Å²) < 4.78 is 12.0. The largest absolute Gasteiger partial charge is 0.489 e. The van der Waals surface area contributed by atoms with Gasteiger partial charge in [0.05, 0.1) is 12.1 Å². The third-order valence-corrected chi connectivity index (χ3v) is 3.42. The minimum absolute atomic E-state index is 0.311. The van der Waals surface area contributed by atoms with Crippen molar-refractivity contribution < 1.29 is 9.47 Å². The first-order valence-electron chi connectivity index (χ1n) is 6.41. The summed E-state index contributed by atoms with van der Waals surface area (Å²) in [6, 6.07) is 5.34. The number of hydrogen-bond donors (Lipinski definition) is 1. The Balaban J connectivity index is 2.33. The molecular weight excluding hydrogens is 358 g/mol. The molecule has 1 N–H and O–H groups in total. The molecule has 0 radical (unpaired) electrons. The monoisotopic (exact) mass is 371 g/mol. The van der Waals surface area contributed by atoms with Crippen molar-refractivity contribution in [2.75, 3.05) is 19.0 Å². The normalized spacial score (nSPS) is 10.3. The Morgan fingerprint density at radius 3 is 2.86 bits per heavy atom. The molecule has 1 aromatic carbocycles. The van der Waals surface area contributed by atoms with E-state index >= 15 is 0 Å². The van der Waals surface area contributed by atoms with Crippen LogP contribution in [0.5, 0.6) is 17.4 Å². The molecule has 0 aliphatic carbocycles. The van der Waals surface area contributed by atoms with Crippen LogP contribution in [0.3, 0.4) is 0 Å². The van der Waals surface area contributed by atoms with Gasteiger partial charge < -0.3 is 14.8 Å². The van der Waals surface area contributed by atoms with Gasteiger partial charge in [-0.05, 0) is 24.6 Å². The maximum Gasteiger partial charge on any atom is 0.268 e. The number of rotatable bonds is 6. The second kappa shape index (κ2) is 7.47. The van der Waals surface area contributed by atoms with Crippen molar-refractivity contribution in [2.24, 2.45) is 0 Å². The topological polar surface area (TPSA) is 56.3 Å². The lowest BCUT2D eigenvalue weighted by Crippen LogP contribution is -2.06. The second-order valence-corrected chi connectivity index (χ2v) is 5.49. The van der Waals surface area contributed by atoms with Crippen LogP contribution in [0, 0.1) is 0 Å². The van der Waals surface area contributed by atoms with Crippen molar-refractivity contribution in [3.05, 3.63) is 34.0 Å². The van der Waals surface area contributed by atoms with Gasteiger partial charge in [-0.1, -0.05) is 34.5 Å². The molecule has 0 atom stereocenters. The first-order valence-corrected chi connectivity index (χ1v) is 7.58. The van der Waals surface area contributed by atoms with Gasteiger partial charge in [-0.3, -0.25) is 0 Å². The molecule has 2 rings (SSSR count). The highest BCUT2D eigenvalue weighted by Gasteiger charge is 2.15. The molecule has 5 nitrogen and oxygen atoms in total. The van der Waals surface area contributed by atoms with Gasteiger partial charge in [0.25, 0.3) is 5.88 Å². The van der Waals surface area contributed by atoms with E-state index in [9.17, 15) is 0 Å². The van der Waals surface area contributed by atoms with E-state index in [0.717, 1.165) is 17.4 Å². The van der Waals surface area contributed by atoms with Gasteiger partial charge in [0.1, 0.15) is 12.1 Å². The van der Waals surface area contributed by atoms with Crippen LogP contribution in [0.4, 0.5) is 5.82 Å². The van der Waals surface area contributed by atoms with E-state index in [2.05, 4.69) is 38.1 Å². The van der Waals surface area contributed by atoms with Crippen LogP contribution in [0.2, 0.25) is 5.02 Å². The lowest BCUT2D eigenvalue weighted by atomic mass is 10.3. The van der Waals surface area contributed by atoms with Gasteiger partial charge in [-0.2, -0.15) is 4.98 Å². The van der Waals surface area contributed by atoms with Gasteiger partial charge in [0, 0.05) is 11.0 Å². The molecule has 0 saturated heterocycles. The molecule has 112 valence electrons. The van der Waals surface area contributed by atoms with Crippen LogP contribution in [0.25, 0.3) is 0 Å². The molecule has 2 aromatic rings. The molecule has 7 heteroatoms. The predicted molar refractivity (Wildman–Crippen MR) is 86.6 cm³/mol. The van der Waals surface area contributed by atoms with Gasteiger partial charge in [0.2, 0.25) is 5.75 Å². The Labute approximate surface area is 136 Å². The molecule has 0 amide bonds. The maximum absolute atomic E-state index is 6.12. The summed E-state index contributed by atoms with van der Waals surface area (Å²) in [6.45, 7) is 2.85. The van der Waals surface area contributed by atoms with E-state index in [0.29, 0.717) is 28.2 Å². The van der Waals surface area contributed by atoms with Crippen molar-refractivity contribution >= 4 is 33.3 Å². The summed E-state index contributed by atoms with van der Waals surface area (Å²) in [7, 11) is 1.55. The van der Waals surface area contributed by atoms with Gasteiger partial charge in [0.15, 0.2) is 5.82 Å². The smallest absolute Gasteiger partial charge is 0.268 e. The minimum atomic E-state index is 0.311. The van der Waals surface area contributed by atoms with Crippen LogP contribution < -0.4 is 14.8 Å². The Morgan fingerprint density at radius 1 is 1.33 bits per heavy atom. The summed E-state index contributed by atoms with van der Waals surface area (Å²) in [5.74, 6) is 1.84. The van der Waals surface area contributed by atoms with E-state index in [1.807, 2.05) is 6.07 Å². The summed E-state index contributed by atoms with van der Waals surface area (Å²) in [5.41, 5.74) is 0.